The molecule has 0 N–H and O–H groups in total. The van der Waals surface area contributed by atoms with Gasteiger partial charge >= 0.3 is 0 Å². The zero-order chi connectivity index (χ0) is 10.8. The molecule has 0 spiro atoms. The third-order valence-electron chi connectivity index (χ3n) is 2.00. The van der Waals surface area contributed by atoms with Gasteiger partial charge in [-0.3, -0.25) is 10.1 Å². The number of hydrogen-bond donors (Lipinski definition) is 0. The highest BCUT2D eigenvalue weighted by Crippen LogP contribution is 2.24. The van der Waals surface area contributed by atoms with E-state index in [0.717, 1.165) is 0 Å². The molecular formula is C9H7N3O3. The molecule has 6 heteroatoms. The molecule has 0 aliphatic heterocycles. The summed E-state index contributed by atoms with van der Waals surface area (Å²) in [6.45, 7) is 1.66. The molecule has 1 aromatic heterocycles. The van der Waals surface area contributed by atoms with Crippen molar-refractivity contribution in [3.63, 3.8) is 0 Å². The summed E-state index contributed by atoms with van der Waals surface area (Å²) in [6, 6.07) is 4.65. The van der Waals surface area contributed by atoms with E-state index in [2.05, 4.69) is 10.2 Å². The number of aromatic nitrogens is 2. The predicted molar refractivity (Wildman–Crippen MR) is 51.1 cm³/mol. The average Bonchev–Trinajstić information content (AvgIpc) is 2.69. The first-order chi connectivity index (χ1) is 7.18. The summed E-state index contributed by atoms with van der Waals surface area (Å²) in [4.78, 5) is 10.2. The predicted octanol–water partition coefficient (Wildman–Crippen LogP) is 1.95. The second-order valence-corrected chi connectivity index (χ2v) is 3.00. The highest BCUT2D eigenvalue weighted by molar-refractivity contribution is 5.58. The molecule has 2 rings (SSSR count). The van der Waals surface area contributed by atoms with Gasteiger partial charge in [-0.05, 0) is 19.1 Å². The minimum atomic E-state index is -0.424. The Kier molecular flexibility index (Phi) is 2.17. The number of aryl methyl sites for hydroxylation is 1. The number of benzene rings is 1. The van der Waals surface area contributed by atoms with Crippen molar-refractivity contribution in [2.75, 3.05) is 0 Å². The fourth-order valence-electron chi connectivity index (χ4n) is 1.29. The molecule has 0 amide bonds. The molecule has 76 valence electrons. The lowest BCUT2D eigenvalue weighted by atomic mass is 10.1. The maximum Gasteiger partial charge on any atom is 0.272 e. The van der Waals surface area contributed by atoms with Crippen molar-refractivity contribution in [2.45, 2.75) is 6.92 Å². The molecule has 0 fully saturated rings. The van der Waals surface area contributed by atoms with E-state index < -0.39 is 4.92 Å². The topological polar surface area (TPSA) is 82.1 Å². The molecule has 0 atom stereocenters. The van der Waals surface area contributed by atoms with Gasteiger partial charge in [-0.25, -0.2) is 0 Å². The lowest BCUT2D eigenvalue weighted by molar-refractivity contribution is -0.385. The lowest BCUT2D eigenvalue weighted by Crippen LogP contribution is -1.91. The normalized spacial score (nSPS) is 10.2. The summed E-state index contributed by atoms with van der Waals surface area (Å²) < 4.78 is 4.98. The van der Waals surface area contributed by atoms with E-state index in [-0.39, 0.29) is 5.69 Å². The van der Waals surface area contributed by atoms with E-state index in [4.69, 9.17) is 4.42 Å². The maximum absolute atomic E-state index is 10.6. The van der Waals surface area contributed by atoms with E-state index in [0.29, 0.717) is 17.0 Å². The number of nitrogens with zero attached hydrogens (tertiary/aromatic N) is 3. The van der Waals surface area contributed by atoms with Gasteiger partial charge in [0.05, 0.1) is 4.92 Å². The van der Waals surface area contributed by atoms with Crippen molar-refractivity contribution in [1.82, 2.24) is 10.2 Å². The van der Waals surface area contributed by atoms with Crippen molar-refractivity contribution in [3.05, 3.63) is 40.3 Å². The van der Waals surface area contributed by atoms with Gasteiger partial charge in [0.15, 0.2) is 0 Å². The Morgan fingerprint density at radius 3 is 2.80 bits per heavy atom. The Labute approximate surface area is 84.7 Å². The van der Waals surface area contributed by atoms with Crippen molar-refractivity contribution in [1.29, 1.82) is 0 Å². The summed E-state index contributed by atoms with van der Waals surface area (Å²) in [5.41, 5.74) is 1.32. The van der Waals surface area contributed by atoms with E-state index in [9.17, 15) is 10.1 Å². The van der Waals surface area contributed by atoms with Crippen LogP contribution >= 0.6 is 0 Å². The molecule has 0 saturated heterocycles. The average molecular weight is 205 g/mol. The van der Waals surface area contributed by atoms with E-state index >= 15 is 0 Å². The van der Waals surface area contributed by atoms with Crippen LogP contribution in [0.3, 0.4) is 0 Å². The van der Waals surface area contributed by atoms with Gasteiger partial charge in [0, 0.05) is 17.2 Å². The van der Waals surface area contributed by atoms with Crippen LogP contribution in [0.4, 0.5) is 5.69 Å². The van der Waals surface area contributed by atoms with Crippen LogP contribution in [0.25, 0.3) is 11.5 Å². The molecule has 0 radical (unpaired) electrons. The lowest BCUT2D eigenvalue weighted by Gasteiger charge is -1.98. The molecule has 0 aliphatic carbocycles. The molecule has 1 heterocycles. The molecule has 0 saturated carbocycles. The Morgan fingerprint density at radius 2 is 2.27 bits per heavy atom. The van der Waals surface area contributed by atoms with Crippen molar-refractivity contribution in [2.24, 2.45) is 0 Å². The summed E-state index contributed by atoms with van der Waals surface area (Å²) >= 11 is 0. The van der Waals surface area contributed by atoms with Crippen molar-refractivity contribution < 1.29 is 9.34 Å². The van der Waals surface area contributed by atoms with Crippen LogP contribution < -0.4 is 0 Å². The smallest absolute Gasteiger partial charge is 0.272 e. The molecule has 2 aromatic rings. The second kappa shape index (κ2) is 3.49. The minimum absolute atomic E-state index is 0.0817. The quantitative estimate of drug-likeness (QED) is 0.552. The molecule has 0 bridgehead atoms. The van der Waals surface area contributed by atoms with Crippen LogP contribution in [0, 0.1) is 17.0 Å². The van der Waals surface area contributed by atoms with Crippen LogP contribution in [0.15, 0.2) is 29.0 Å². The molecular weight excluding hydrogens is 198 g/mol. The Hall–Kier alpha value is -2.24. The van der Waals surface area contributed by atoms with Crippen LogP contribution in [-0.4, -0.2) is 15.1 Å². The Bertz CT molecular complexity index is 493. The summed E-state index contributed by atoms with van der Waals surface area (Å²) in [7, 11) is 0. The van der Waals surface area contributed by atoms with Crippen molar-refractivity contribution in [3.8, 4) is 11.5 Å². The zero-order valence-corrected chi connectivity index (χ0v) is 7.88. The number of rotatable bonds is 2. The van der Waals surface area contributed by atoms with Gasteiger partial charge in [-0.15, -0.1) is 10.2 Å². The third kappa shape index (κ3) is 1.69. The molecule has 15 heavy (non-hydrogen) atoms. The highest BCUT2D eigenvalue weighted by Gasteiger charge is 2.12. The molecule has 1 aromatic carbocycles. The Balaban J connectivity index is 2.47. The number of nitro benzene ring substituents is 1. The summed E-state index contributed by atoms with van der Waals surface area (Å²) in [5.74, 6) is 0.355. The maximum atomic E-state index is 10.6. The highest BCUT2D eigenvalue weighted by atomic mass is 16.6. The number of hydrogen-bond acceptors (Lipinski definition) is 5. The van der Waals surface area contributed by atoms with Gasteiger partial charge in [0.25, 0.3) is 5.69 Å². The monoisotopic (exact) mass is 205 g/mol. The van der Waals surface area contributed by atoms with Crippen LogP contribution in [0.2, 0.25) is 0 Å². The summed E-state index contributed by atoms with van der Waals surface area (Å²) in [6.07, 6.45) is 1.21. The second-order valence-electron chi connectivity index (χ2n) is 3.00. The molecule has 0 unspecified atom stereocenters. The SMILES string of the molecule is Cc1cc(-c2nnco2)ccc1[N+](=O)[O-]. The van der Waals surface area contributed by atoms with E-state index in [1.54, 1.807) is 19.1 Å². The van der Waals surface area contributed by atoms with Crippen molar-refractivity contribution >= 4 is 5.69 Å². The first-order valence-electron chi connectivity index (χ1n) is 4.20. The van der Waals surface area contributed by atoms with Gasteiger partial charge in [-0.1, -0.05) is 0 Å². The summed E-state index contributed by atoms with van der Waals surface area (Å²) in [5, 5.41) is 17.8. The first-order valence-corrected chi connectivity index (χ1v) is 4.20. The standard InChI is InChI=1S/C9H7N3O3/c1-6-4-7(9-11-10-5-15-9)2-3-8(6)12(13)14/h2-5H,1H3. The first kappa shape index (κ1) is 9.32. The molecule has 6 nitrogen and oxygen atoms in total. The molecule has 0 aliphatic rings. The zero-order valence-electron chi connectivity index (χ0n) is 7.88. The largest absolute Gasteiger partial charge is 0.423 e. The van der Waals surface area contributed by atoms with Gasteiger partial charge < -0.3 is 4.42 Å². The third-order valence-corrected chi connectivity index (χ3v) is 2.00. The van der Waals surface area contributed by atoms with Gasteiger partial charge in [0.2, 0.25) is 12.3 Å². The van der Waals surface area contributed by atoms with Gasteiger partial charge in [-0.2, -0.15) is 0 Å². The Morgan fingerprint density at radius 1 is 1.47 bits per heavy atom. The van der Waals surface area contributed by atoms with E-state index in [1.807, 2.05) is 0 Å². The number of nitro groups is 1. The van der Waals surface area contributed by atoms with Crippen LogP contribution in [-0.2, 0) is 0 Å². The fourth-order valence-corrected chi connectivity index (χ4v) is 1.29. The van der Waals surface area contributed by atoms with Crippen LogP contribution in [0.1, 0.15) is 5.56 Å². The van der Waals surface area contributed by atoms with Crippen LogP contribution in [0.5, 0.6) is 0 Å². The fraction of sp³-hybridized carbons (Fsp3) is 0.111. The van der Waals surface area contributed by atoms with Gasteiger partial charge in [0.1, 0.15) is 0 Å². The van der Waals surface area contributed by atoms with E-state index in [1.165, 1.54) is 12.5 Å². The minimum Gasteiger partial charge on any atom is -0.423 e.